The molecule has 2 unspecified atom stereocenters. The normalized spacial score (nSPS) is 13.7. The number of methoxy groups -OCH3 is 1. The highest BCUT2D eigenvalue weighted by atomic mass is 32.2. The minimum Gasteiger partial charge on any atom is -0.496 e. The lowest BCUT2D eigenvalue weighted by atomic mass is 10.2. The molecule has 4 aromatic rings. The Hall–Kier alpha value is -4.01. The molecule has 300 valence electrons. The number of benzene rings is 4. The molecule has 1 saturated heterocycles. The van der Waals surface area contributed by atoms with Crippen molar-refractivity contribution in [2.75, 3.05) is 46.9 Å². The van der Waals surface area contributed by atoms with Crippen LogP contribution in [0.25, 0.3) is 0 Å². The number of nitrogens with zero attached hydrogens (tertiary/aromatic N) is 2. The van der Waals surface area contributed by atoms with Crippen LogP contribution in [0.5, 0.6) is 17.2 Å². The van der Waals surface area contributed by atoms with E-state index < -0.39 is 17.5 Å². The lowest BCUT2D eigenvalue weighted by Crippen LogP contribution is -2.36. The van der Waals surface area contributed by atoms with Crippen LogP contribution in [-0.4, -0.2) is 79.1 Å². The molecular weight excluding hydrogens is 755 g/mol. The number of hydrogen-bond acceptors (Lipinski definition) is 9. The van der Waals surface area contributed by atoms with Gasteiger partial charge in [-0.15, -0.1) is 23.5 Å². The van der Waals surface area contributed by atoms with E-state index in [9.17, 15) is 13.8 Å². The van der Waals surface area contributed by atoms with Crippen LogP contribution >= 0.6 is 23.5 Å². The van der Waals surface area contributed by atoms with Gasteiger partial charge in [0, 0.05) is 23.4 Å². The van der Waals surface area contributed by atoms with Gasteiger partial charge >= 0.3 is 6.03 Å². The van der Waals surface area contributed by atoms with Crippen molar-refractivity contribution in [1.82, 2.24) is 14.5 Å². The maximum Gasteiger partial charge on any atom is 0.329 e. The quantitative estimate of drug-likeness (QED) is 0.0758. The number of thioether (sulfide) groups is 2. The van der Waals surface area contributed by atoms with Gasteiger partial charge in [-0.25, -0.2) is 9.52 Å². The summed E-state index contributed by atoms with van der Waals surface area (Å²) in [6, 6.07) is 29.1. The van der Waals surface area contributed by atoms with Crippen molar-refractivity contribution < 1.29 is 32.2 Å². The number of urea groups is 1. The molecule has 1 fully saturated rings. The lowest BCUT2D eigenvalue weighted by Gasteiger charge is -2.21. The summed E-state index contributed by atoms with van der Waals surface area (Å²) in [5.74, 6) is 2.28. The van der Waals surface area contributed by atoms with Crippen molar-refractivity contribution >= 4 is 46.7 Å². The molecule has 5 rings (SSSR count). The summed E-state index contributed by atoms with van der Waals surface area (Å²) in [7, 11) is 4.75. The van der Waals surface area contributed by atoms with Gasteiger partial charge in [-0.1, -0.05) is 73.5 Å². The van der Waals surface area contributed by atoms with Crippen molar-refractivity contribution in [3.05, 3.63) is 113 Å². The summed E-state index contributed by atoms with van der Waals surface area (Å²) in [6.45, 7) is 11.7. The van der Waals surface area contributed by atoms with E-state index in [2.05, 4.69) is 68.3 Å². The summed E-state index contributed by atoms with van der Waals surface area (Å²) in [6.07, 6.45) is 5.65. The first-order chi connectivity index (χ1) is 26.4. The SMILES string of the molecule is CCCCOc1ccc(C)cc1SC.CCOC1C(=O)N(C)C(=O)N1Cc1ccccc1.CNS(=O)Oc1ccc(C)cc1.COc1ccc(C)cc1SC. The first kappa shape index (κ1) is 47.1. The fourth-order valence-corrected chi connectivity index (χ4v) is 6.48. The maximum atomic E-state index is 12.0. The number of nitrogens with one attached hydrogen (secondary N) is 1. The number of rotatable bonds is 14. The second kappa shape index (κ2) is 26.0. The smallest absolute Gasteiger partial charge is 0.329 e. The van der Waals surface area contributed by atoms with E-state index in [4.69, 9.17) is 18.4 Å². The third kappa shape index (κ3) is 16.3. The average molecular weight is 812 g/mol. The largest absolute Gasteiger partial charge is 0.496 e. The Morgan fingerprint density at radius 3 is 1.89 bits per heavy atom. The van der Waals surface area contributed by atoms with Gasteiger partial charge in [-0.2, -0.15) is 4.21 Å². The molecule has 1 N–H and O–H groups in total. The molecular formula is C42H57N3O7S3. The van der Waals surface area contributed by atoms with E-state index in [0.29, 0.717) is 18.9 Å². The molecule has 4 aromatic carbocycles. The van der Waals surface area contributed by atoms with Crippen LogP contribution in [0.3, 0.4) is 0 Å². The van der Waals surface area contributed by atoms with Crippen molar-refractivity contribution in [2.45, 2.75) is 70.0 Å². The zero-order valence-corrected chi connectivity index (χ0v) is 36.2. The average Bonchev–Trinajstić information content (AvgIpc) is 3.39. The number of aryl methyl sites for hydroxylation is 3. The van der Waals surface area contributed by atoms with Gasteiger partial charge in [0.1, 0.15) is 17.2 Å². The van der Waals surface area contributed by atoms with Crippen molar-refractivity contribution in [3.8, 4) is 17.2 Å². The van der Waals surface area contributed by atoms with Gasteiger partial charge in [-0.3, -0.25) is 14.6 Å². The van der Waals surface area contributed by atoms with Gasteiger partial charge in [0.05, 0.1) is 20.3 Å². The van der Waals surface area contributed by atoms with E-state index in [-0.39, 0.29) is 11.9 Å². The van der Waals surface area contributed by atoms with Crippen molar-refractivity contribution in [3.63, 3.8) is 0 Å². The minimum atomic E-state index is -1.43. The first-order valence-electron chi connectivity index (χ1n) is 18.0. The zero-order valence-electron chi connectivity index (χ0n) is 33.8. The second-order valence-electron chi connectivity index (χ2n) is 12.2. The predicted molar refractivity (Wildman–Crippen MR) is 227 cm³/mol. The summed E-state index contributed by atoms with van der Waals surface area (Å²) in [5.41, 5.74) is 4.68. The van der Waals surface area contributed by atoms with E-state index in [1.165, 1.54) is 39.3 Å². The molecule has 0 spiro atoms. The predicted octanol–water partition coefficient (Wildman–Crippen LogP) is 9.24. The fourth-order valence-electron chi connectivity index (χ4n) is 4.82. The van der Waals surface area contributed by atoms with E-state index >= 15 is 0 Å². The van der Waals surface area contributed by atoms with Crippen LogP contribution in [0, 0.1) is 20.8 Å². The number of ether oxygens (including phenoxy) is 3. The summed E-state index contributed by atoms with van der Waals surface area (Å²) >= 11 is 2.02. The molecule has 0 saturated carbocycles. The number of unbranched alkanes of at least 4 members (excludes halogenated alkanes) is 1. The highest BCUT2D eigenvalue weighted by Gasteiger charge is 2.43. The summed E-state index contributed by atoms with van der Waals surface area (Å²) < 4.78 is 34.5. The molecule has 0 aromatic heterocycles. The van der Waals surface area contributed by atoms with Crippen LogP contribution in [0.1, 0.15) is 48.9 Å². The molecule has 1 aliphatic heterocycles. The Balaban J connectivity index is 0.000000258. The molecule has 0 aliphatic carbocycles. The Kier molecular flexibility index (Phi) is 22.2. The molecule has 2 atom stereocenters. The van der Waals surface area contributed by atoms with E-state index in [1.807, 2.05) is 55.5 Å². The molecule has 55 heavy (non-hydrogen) atoms. The third-order valence-corrected chi connectivity index (χ3v) is 10.0. The Morgan fingerprint density at radius 1 is 0.800 bits per heavy atom. The third-order valence-electron chi connectivity index (χ3n) is 7.85. The first-order valence-corrected chi connectivity index (χ1v) is 21.5. The zero-order chi connectivity index (χ0) is 40.8. The highest BCUT2D eigenvalue weighted by Crippen LogP contribution is 2.29. The van der Waals surface area contributed by atoms with Crippen molar-refractivity contribution in [2.24, 2.45) is 0 Å². The van der Waals surface area contributed by atoms with E-state index in [0.717, 1.165) is 40.6 Å². The number of imide groups is 1. The number of carbonyl (C=O) groups excluding carboxylic acids is 2. The fraction of sp³-hybridized carbons (Fsp3) is 0.381. The molecule has 3 amide bonds. The number of carbonyl (C=O) groups is 2. The van der Waals surface area contributed by atoms with Gasteiger partial charge < -0.3 is 18.4 Å². The Labute approximate surface area is 339 Å². The number of amides is 3. The van der Waals surface area contributed by atoms with Crippen LogP contribution in [0.15, 0.2) is 101 Å². The van der Waals surface area contributed by atoms with Crippen LogP contribution in [0.2, 0.25) is 0 Å². The highest BCUT2D eigenvalue weighted by molar-refractivity contribution is 7.99. The molecule has 1 heterocycles. The van der Waals surface area contributed by atoms with E-state index in [1.54, 1.807) is 56.7 Å². The molecule has 0 radical (unpaired) electrons. The van der Waals surface area contributed by atoms with Gasteiger partial charge in [0.15, 0.2) is 0 Å². The molecule has 13 heteroatoms. The minimum absolute atomic E-state index is 0.308. The maximum absolute atomic E-state index is 12.0. The monoisotopic (exact) mass is 811 g/mol. The summed E-state index contributed by atoms with van der Waals surface area (Å²) in [4.78, 5) is 28.8. The van der Waals surface area contributed by atoms with Crippen LogP contribution in [0.4, 0.5) is 4.79 Å². The van der Waals surface area contributed by atoms with Gasteiger partial charge in [0.2, 0.25) is 6.23 Å². The standard InChI is InChI=1S/C13H16N2O3.C12H18OS.C9H12OS.C8H11NO2S/c1-3-18-12-11(16)14(2)13(17)15(12)9-10-7-5-4-6-8-10;1-4-5-8-13-11-7-6-10(2)9-12(11)14-3;1-7-4-5-8(10-2)9(6-7)11-3;1-7-3-5-8(6-4-7)11-12(10)9-2/h4-8,12H,3,9H2,1-2H3;6-7,9H,4-5,8H2,1-3H3;4-6H,1-3H3;3-6,9H,1-2H3. The van der Waals surface area contributed by atoms with Gasteiger partial charge in [-0.05, 0) is 107 Å². The molecule has 10 nitrogen and oxygen atoms in total. The second-order valence-corrected chi connectivity index (χ2v) is 14.9. The van der Waals surface area contributed by atoms with Crippen LogP contribution in [-0.2, 0) is 27.3 Å². The molecule has 0 bridgehead atoms. The lowest BCUT2D eigenvalue weighted by molar-refractivity contribution is -0.141. The van der Waals surface area contributed by atoms with Gasteiger partial charge in [0.25, 0.3) is 17.2 Å². The van der Waals surface area contributed by atoms with Crippen LogP contribution < -0.4 is 18.4 Å². The number of hydrogen-bond donors (Lipinski definition) is 1. The molecule has 1 aliphatic rings. The summed E-state index contributed by atoms with van der Waals surface area (Å²) in [5, 5.41) is 0. The number of likely N-dealkylation sites (N-methyl/N-ethyl adjacent to an activating group) is 1. The topological polar surface area (TPSA) is 107 Å². The van der Waals surface area contributed by atoms with Crippen molar-refractivity contribution in [1.29, 1.82) is 0 Å². The Morgan fingerprint density at radius 2 is 1.36 bits per heavy atom. The Bertz CT molecular complexity index is 1760.